The van der Waals surface area contributed by atoms with E-state index in [4.69, 9.17) is 14.7 Å². The molecule has 0 fully saturated rings. The van der Waals surface area contributed by atoms with E-state index in [2.05, 4.69) is 5.32 Å². The quantitative estimate of drug-likeness (QED) is 0.566. The maximum Gasteiger partial charge on any atom is 0.338 e. The normalized spacial score (nSPS) is 11.1. The summed E-state index contributed by atoms with van der Waals surface area (Å²) < 4.78 is 23.5. The van der Waals surface area contributed by atoms with Crippen LogP contribution in [0.15, 0.2) is 36.4 Å². The van der Waals surface area contributed by atoms with Gasteiger partial charge in [0, 0.05) is 29.3 Å². The Bertz CT molecular complexity index is 997. The predicted molar refractivity (Wildman–Crippen MR) is 103 cm³/mol. The van der Waals surface area contributed by atoms with Gasteiger partial charge in [-0.25, -0.2) is 9.18 Å². The van der Waals surface area contributed by atoms with E-state index in [0.717, 1.165) is 0 Å². The lowest BCUT2D eigenvalue weighted by Crippen LogP contribution is -2.28. The molecule has 0 spiro atoms. The standard InChI is InChI=1S/C21H19FN2O5/c1-4-18(25)17(11-23)20(26)24-13-6-8-14(16(10-13)21(27)29-3)15-7-5-12(22)9-19(15)28-2/h5-10,17H,4H2,1-3H3,(H,24,26). The SMILES string of the molecule is CCC(=O)C(C#N)C(=O)Nc1ccc(-c2ccc(F)cc2OC)c(C(=O)OC)c1. The second-order valence-electron chi connectivity index (χ2n) is 5.97. The highest BCUT2D eigenvalue weighted by Gasteiger charge is 2.25. The number of benzene rings is 2. The van der Waals surface area contributed by atoms with Gasteiger partial charge < -0.3 is 14.8 Å². The topological polar surface area (TPSA) is 105 Å². The Balaban J connectivity index is 2.48. The molecule has 1 unspecified atom stereocenters. The molecule has 0 saturated carbocycles. The molecular weight excluding hydrogens is 379 g/mol. The number of carbonyl (C=O) groups excluding carboxylic acids is 3. The van der Waals surface area contributed by atoms with Crippen LogP contribution in [-0.2, 0) is 14.3 Å². The van der Waals surface area contributed by atoms with Crippen LogP contribution in [0.1, 0.15) is 23.7 Å². The van der Waals surface area contributed by atoms with Crippen LogP contribution in [0.4, 0.5) is 10.1 Å². The van der Waals surface area contributed by atoms with Crippen LogP contribution in [0.2, 0.25) is 0 Å². The Morgan fingerprint density at radius 1 is 1.14 bits per heavy atom. The maximum atomic E-state index is 13.5. The molecule has 150 valence electrons. The number of anilines is 1. The molecule has 0 radical (unpaired) electrons. The molecule has 29 heavy (non-hydrogen) atoms. The number of ketones is 1. The van der Waals surface area contributed by atoms with Gasteiger partial charge in [-0.05, 0) is 24.3 Å². The van der Waals surface area contributed by atoms with Gasteiger partial charge in [-0.2, -0.15) is 5.26 Å². The fourth-order valence-electron chi connectivity index (χ4n) is 2.72. The fraction of sp³-hybridized carbons (Fsp3) is 0.238. The van der Waals surface area contributed by atoms with Crippen LogP contribution in [-0.4, -0.2) is 31.9 Å². The summed E-state index contributed by atoms with van der Waals surface area (Å²) in [6.45, 7) is 1.56. The summed E-state index contributed by atoms with van der Waals surface area (Å²) in [6, 6.07) is 9.91. The van der Waals surface area contributed by atoms with Gasteiger partial charge in [0.05, 0.1) is 25.9 Å². The largest absolute Gasteiger partial charge is 0.496 e. The van der Waals surface area contributed by atoms with E-state index in [9.17, 15) is 18.8 Å². The van der Waals surface area contributed by atoms with Gasteiger partial charge in [-0.1, -0.05) is 13.0 Å². The van der Waals surface area contributed by atoms with Crippen molar-refractivity contribution in [2.24, 2.45) is 5.92 Å². The number of nitriles is 1. The third kappa shape index (κ3) is 4.76. The zero-order valence-corrected chi connectivity index (χ0v) is 16.1. The average molecular weight is 398 g/mol. The van der Waals surface area contributed by atoms with E-state index < -0.39 is 29.4 Å². The van der Waals surface area contributed by atoms with Crippen LogP contribution in [0, 0.1) is 23.1 Å². The minimum Gasteiger partial charge on any atom is -0.496 e. The first-order valence-electron chi connectivity index (χ1n) is 8.65. The molecule has 8 heteroatoms. The Hall–Kier alpha value is -3.73. The molecule has 0 bridgehead atoms. The number of halogens is 1. The molecule has 1 atom stereocenters. The molecule has 1 amide bonds. The van der Waals surface area contributed by atoms with Crippen LogP contribution in [0.5, 0.6) is 5.75 Å². The van der Waals surface area contributed by atoms with E-state index in [1.165, 1.54) is 50.6 Å². The number of ether oxygens (including phenoxy) is 2. The van der Waals surface area contributed by atoms with E-state index in [-0.39, 0.29) is 23.4 Å². The highest BCUT2D eigenvalue weighted by atomic mass is 19.1. The number of carbonyl (C=O) groups is 3. The van der Waals surface area contributed by atoms with Crippen molar-refractivity contribution in [3.8, 4) is 22.9 Å². The van der Waals surface area contributed by atoms with Crippen molar-refractivity contribution >= 4 is 23.3 Å². The number of hydrogen-bond acceptors (Lipinski definition) is 6. The molecule has 1 N–H and O–H groups in total. The van der Waals surface area contributed by atoms with Gasteiger partial charge in [0.1, 0.15) is 11.6 Å². The monoisotopic (exact) mass is 398 g/mol. The van der Waals surface area contributed by atoms with Gasteiger partial charge >= 0.3 is 5.97 Å². The molecule has 0 aliphatic rings. The van der Waals surface area contributed by atoms with Crippen molar-refractivity contribution < 1.29 is 28.2 Å². The lowest BCUT2D eigenvalue weighted by Gasteiger charge is -2.15. The second kappa shape index (κ2) is 9.46. The number of nitrogens with zero attached hydrogens (tertiary/aromatic N) is 1. The van der Waals surface area contributed by atoms with Gasteiger partial charge in [0.2, 0.25) is 5.91 Å². The fourth-order valence-corrected chi connectivity index (χ4v) is 2.72. The third-order valence-corrected chi connectivity index (χ3v) is 4.21. The Morgan fingerprint density at radius 2 is 1.83 bits per heavy atom. The molecule has 2 aromatic rings. The number of methoxy groups -OCH3 is 2. The highest BCUT2D eigenvalue weighted by Crippen LogP contribution is 2.34. The van der Waals surface area contributed by atoms with Crippen molar-refractivity contribution in [3.05, 3.63) is 47.8 Å². The van der Waals surface area contributed by atoms with Crippen molar-refractivity contribution in [2.45, 2.75) is 13.3 Å². The third-order valence-electron chi connectivity index (χ3n) is 4.21. The molecule has 0 heterocycles. The van der Waals surface area contributed by atoms with Crippen LogP contribution < -0.4 is 10.1 Å². The molecular formula is C21H19FN2O5. The second-order valence-corrected chi connectivity index (χ2v) is 5.97. The summed E-state index contributed by atoms with van der Waals surface area (Å²) >= 11 is 0. The minimum absolute atomic E-state index is 0.0440. The summed E-state index contributed by atoms with van der Waals surface area (Å²) in [5, 5.41) is 11.5. The number of rotatable bonds is 7. The first-order valence-corrected chi connectivity index (χ1v) is 8.65. The molecule has 7 nitrogen and oxygen atoms in total. The summed E-state index contributed by atoms with van der Waals surface area (Å²) in [6.07, 6.45) is 0.0440. The number of hydrogen-bond donors (Lipinski definition) is 1. The zero-order chi connectivity index (χ0) is 21.6. The number of nitrogens with one attached hydrogen (secondary N) is 1. The molecule has 0 saturated heterocycles. The van der Waals surface area contributed by atoms with Gasteiger partial charge in [-0.3, -0.25) is 9.59 Å². The van der Waals surface area contributed by atoms with Crippen molar-refractivity contribution in [3.63, 3.8) is 0 Å². The number of esters is 1. The van der Waals surface area contributed by atoms with Crippen molar-refractivity contribution in [1.82, 2.24) is 0 Å². The van der Waals surface area contributed by atoms with Gasteiger partial charge in [0.25, 0.3) is 0 Å². The lowest BCUT2D eigenvalue weighted by atomic mass is 9.97. The number of Topliss-reactive ketones (excluding diaryl/α,β-unsaturated/α-hetero) is 1. The van der Waals surface area contributed by atoms with Crippen LogP contribution in [0.25, 0.3) is 11.1 Å². The van der Waals surface area contributed by atoms with Crippen molar-refractivity contribution in [1.29, 1.82) is 5.26 Å². The van der Waals surface area contributed by atoms with E-state index in [1.807, 2.05) is 0 Å². The zero-order valence-electron chi connectivity index (χ0n) is 16.1. The molecule has 2 aromatic carbocycles. The first kappa shape index (κ1) is 21.6. The van der Waals surface area contributed by atoms with Gasteiger partial charge in [-0.15, -0.1) is 0 Å². The summed E-state index contributed by atoms with van der Waals surface area (Å²) in [7, 11) is 2.57. The van der Waals surface area contributed by atoms with Crippen molar-refractivity contribution in [2.75, 3.05) is 19.5 Å². The van der Waals surface area contributed by atoms with Gasteiger partial charge in [0.15, 0.2) is 11.7 Å². The highest BCUT2D eigenvalue weighted by molar-refractivity contribution is 6.10. The van der Waals surface area contributed by atoms with Crippen LogP contribution >= 0.6 is 0 Å². The van der Waals surface area contributed by atoms with E-state index >= 15 is 0 Å². The molecule has 0 aromatic heterocycles. The molecule has 0 aliphatic carbocycles. The predicted octanol–water partition coefficient (Wildman–Crippen LogP) is 3.35. The Labute approximate surface area is 167 Å². The number of amides is 1. The average Bonchev–Trinajstić information content (AvgIpc) is 2.73. The first-order chi connectivity index (χ1) is 13.9. The summed E-state index contributed by atoms with van der Waals surface area (Å²) in [5.74, 6) is -3.72. The minimum atomic E-state index is -1.45. The molecule has 0 aliphatic heterocycles. The smallest absolute Gasteiger partial charge is 0.338 e. The lowest BCUT2D eigenvalue weighted by molar-refractivity contribution is -0.128. The summed E-state index contributed by atoms with van der Waals surface area (Å²) in [5.41, 5.74) is 1.13. The van der Waals surface area contributed by atoms with Crippen LogP contribution in [0.3, 0.4) is 0 Å². The molecule has 2 rings (SSSR count). The Morgan fingerprint density at radius 3 is 2.41 bits per heavy atom. The Kier molecular flexibility index (Phi) is 7.04. The van der Waals surface area contributed by atoms with E-state index in [1.54, 1.807) is 13.0 Å². The van der Waals surface area contributed by atoms with E-state index in [0.29, 0.717) is 11.1 Å². The maximum absolute atomic E-state index is 13.5. The summed E-state index contributed by atoms with van der Waals surface area (Å²) in [4.78, 5) is 36.3.